The van der Waals surface area contributed by atoms with Gasteiger partial charge in [-0.05, 0) is 241 Å². The van der Waals surface area contributed by atoms with Crippen LogP contribution < -0.4 is 0 Å². The van der Waals surface area contributed by atoms with Gasteiger partial charge in [-0.2, -0.15) is 0 Å². The van der Waals surface area contributed by atoms with Crippen molar-refractivity contribution in [1.82, 2.24) is 0 Å². The first-order valence-electron chi connectivity index (χ1n) is 54.3. The van der Waals surface area contributed by atoms with E-state index in [0.29, 0.717) is 89.1 Å². The van der Waals surface area contributed by atoms with Crippen molar-refractivity contribution in [2.75, 3.05) is 0 Å². The monoisotopic (exact) mass is 1660 g/mol. The summed E-state index contributed by atoms with van der Waals surface area (Å²) in [5.41, 5.74) is 14.3. The number of rotatable bonds is 9. The molecule has 129 heavy (non-hydrogen) atoms. The number of furan rings is 3. The van der Waals surface area contributed by atoms with Gasteiger partial charge >= 0.3 is 0 Å². The molecule has 0 aliphatic carbocycles. The summed E-state index contributed by atoms with van der Waals surface area (Å²) in [7, 11) is 0. The minimum atomic E-state index is -0.442. The fourth-order valence-corrected chi connectivity index (χ4v) is 19.1. The molecule has 0 aliphatic heterocycles. The molecule has 3 nitrogen and oxygen atoms in total. The van der Waals surface area contributed by atoms with Crippen LogP contribution >= 0.6 is 0 Å². The minimum Gasteiger partial charge on any atom is -0.456 e. The second-order valence-electron chi connectivity index (χ2n) is 32.0. The van der Waals surface area contributed by atoms with E-state index in [1.807, 2.05) is 261 Å². The van der Waals surface area contributed by atoms with Crippen LogP contribution in [0.1, 0.15) is 32.9 Å². The smallest absolute Gasteiger partial charge is 0.143 e. The normalized spacial score (nSPS) is 14.3. The second kappa shape index (κ2) is 31.1. The Labute approximate surface area is 777 Å². The molecule has 0 aliphatic rings. The van der Waals surface area contributed by atoms with Crippen molar-refractivity contribution >= 4 is 163 Å². The van der Waals surface area contributed by atoms with Crippen molar-refractivity contribution in [3.8, 4) is 100 Å². The highest BCUT2D eigenvalue weighted by molar-refractivity contribution is 6.27. The largest absolute Gasteiger partial charge is 0.456 e. The molecular formula is C126H78O3. The van der Waals surface area contributed by atoms with Crippen LogP contribution in [0.15, 0.2) is 486 Å². The molecule has 600 valence electrons. The first-order chi connectivity index (χ1) is 74.0. The van der Waals surface area contributed by atoms with Gasteiger partial charge < -0.3 is 13.3 Å². The Bertz CT molecular complexity index is 10500. The van der Waals surface area contributed by atoms with E-state index >= 15 is 0 Å². The molecule has 0 bridgehead atoms. The van der Waals surface area contributed by atoms with E-state index in [0.717, 1.165) is 98.0 Å². The van der Waals surface area contributed by atoms with Crippen LogP contribution in [-0.4, -0.2) is 0 Å². The third-order valence-electron chi connectivity index (χ3n) is 24.9. The summed E-state index contributed by atoms with van der Waals surface area (Å²) in [4.78, 5) is 0. The van der Waals surface area contributed by atoms with Crippen LogP contribution in [0.3, 0.4) is 0 Å². The molecule has 0 N–H and O–H groups in total. The lowest BCUT2D eigenvalue weighted by Crippen LogP contribution is -1.91. The molecule has 27 aromatic rings. The summed E-state index contributed by atoms with van der Waals surface area (Å²) >= 11 is 0. The van der Waals surface area contributed by atoms with E-state index < -0.39 is 72.5 Å². The molecule has 0 atom stereocenters. The van der Waals surface area contributed by atoms with Crippen LogP contribution in [-0.2, 0) is 0 Å². The number of benzene rings is 24. The van der Waals surface area contributed by atoms with Crippen molar-refractivity contribution in [3.05, 3.63) is 473 Å². The number of hydrogen-bond acceptors (Lipinski definition) is 3. The van der Waals surface area contributed by atoms with Gasteiger partial charge in [0.25, 0.3) is 0 Å². The molecule has 0 spiro atoms. The summed E-state index contributed by atoms with van der Waals surface area (Å²) < 4.78 is 235. The zero-order valence-corrected chi connectivity index (χ0v) is 68.4. The molecule has 0 radical (unpaired) electrons. The zero-order valence-electron chi connectivity index (χ0n) is 92.4. The van der Waals surface area contributed by atoms with Gasteiger partial charge in [-0.15, -0.1) is 0 Å². The fourth-order valence-electron chi connectivity index (χ4n) is 19.1. The van der Waals surface area contributed by atoms with Gasteiger partial charge in [0, 0.05) is 43.4 Å². The summed E-state index contributed by atoms with van der Waals surface area (Å²) in [6, 6.07) is 95.8. The molecule has 3 aromatic heterocycles. The van der Waals surface area contributed by atoms with Crippen LogP contribution in [0.4, 0.5) is 0 Å². The van der Waals surface area contributed by atoms with E-state index in [2.05, 4.69) is 42.5 Å². The molecule has 0 amide bonds. The lowest BCUT2D eigenvalue weighted by atomic mass is 9.85. The van der Waals surface area contributed by atoms with E-state index in [1.54, 1.807) is 24.3 Å². The molecule has 0 saturated heterocycles. The predicted octanol–water partition coefficient (Wildman–Crippen LogP) is 36.1. The highest BCUT2D eigenvalue weighted by Gasteiger charge is 2.25. The van der Waals surface area contributed by atoms with E-state index in [1.165, 1.54) is 0 Å². The maximum atomic E-state index is 9.30. The predicted molar refractivity (Wildman–Crippen MR) is 548 cm³/mol. The molecule has 0 unspecified atom stereocenters. The number of fused-ring (bicyclic) bond motifs is 18. The summed E-state index contributed by atoms with van der Waals surface area (Å²) in [5.74, 6) is 0. The van der Waals surface area contributed by atoms with Crippen molar-refractivity contribution in [1.29, 1.82) is 0 Å². The quantitative estimate of drug-likeness (QED) is 0.135. The van der Waals surface area contributed by atoms with Gasteiger partial charge in [-0.1, -0.05) is 418 Å². The minimum absolute atomic E-state index is 0.152. The standard InChI is InChI=1S/3C42H26O/c1-2-15-31-27(11-1)12-10-21-32(31)28-13-9-14-29(25-28)41-35-17-3-5-19-37(35)42(38-20-6-4-18-36(38)41)30-23-24-34-33-16-7-8-22-39(33)43-40(34)26-30;1-2-13-30-27(11-1)12-9-19-31(30)28-23-25-29(26-24-28)40-33-15-3-5-17-35(33)41(36-18-6-4-16-34(36)40)38-21-10-20-37-32-14-7-8-22-39(32)43-42(37)38;1-2-10-30-25-31(22-19-27(30)9-1)28-17-20-29(21-18-28)41-34-12-3-5-14-36(34)42(37-15-6-4-13-35(37)41)32-23-24-40-38(26-32)33-11-7-8-16-39(33)43-40/h3*1-26H/i3D,4D,5D,6D,17D,18D,19D,20D;3D,4D,5D,6D,15D,16D,17D,18D;3D,4D,5D,6D,12D,13D,14D,15D. The van der Waals surface area contributed by atoms with Gasteiger partial charge in [-0.3, -0.25) is 0 Å². The third-order valence-corrected chi connectivity index (χ3v) is 24.9. The van der Waals surface area contributed by atoms with Crippen molar-refractivity contribution < 1.29 is 46.1 Å². The van der Waals surface area contributed by atoms with Crippen LogP contribution in [0.5, 0.6) is 0 Å². The lowest BCUT2D eigenvalue weighted by Gasteiger charge is -2.18. The van der Waals surface area contributed by atoms with Crippen LogP contribution in [0, 0.1) is 0 Å². The summed E-state index contributed by atoms with van der Waals surface area (Å²) in [5, 5.41) is 13.6. The van der Waals surface area contributed by atoms with E-state index in [-0.39, 0.29) is 148 Å². The maximum absolute atomic E-state index is 9.30. The average Bonchev–Trinajstić information content (AvgIpc) is 1.18. The number of para-hydroxylation sites is 4. The molecule has 27 rings (SSSR count). The van der Waals surface area contributed by atoms with Gasteiger partial charge in [0.05, 0.1) is 32.9 Å². The molecule has 24 aromatic carbocycles. The van der Waals surface area contributed by atoms with E-state index in [9.17, 15) is 16.4 Å². The Kier molecular flexibility index (Phi) is 13.0. The van der Waals surface area contributed by atoms with Crippen molar-refractivity contribution in [3.63, 3.8) is 0 Å². The Morgan fingerprint density at radius 2 is 0.450 bits per heavy atom. The lowest BCUT2D eigenvalue weighted by molar-refractivity contribution is 0.668. The van der Waals surface area contributed by atoms with E-state index in [4.69, 9.17) is 29.7 Å². The molecule has 3 heterocycles. The third kappa shape index (κ3) is 12.7. The molecule has 0 saturated carbocycles. The Hall–Kier alpha value is -17.0. The van der Waals surface area contributed by atoms with Crippen LogP contribution in [0.2, 0.25) is 0 Å². The summed E-state index contributed by atoms with van der Waals surface area (Å²) in [6.07, 6.45) is 0. The highest BCUT2D eigenvalue weighted by Crippen LogP contribution is 2.51. The van der Waals surface area contributed by atoms with Gasteiger partial charge in [0.2, 0.25) is 0 Å². The highest BCUT2D eigenvalue weighted by atomic mass is 16.3. The molecule has 3 heteroatoms. The molecular weight excluding hydrogens is 1560 g/mol. The number of hydrogen-bond donors (Lipinski definition) is 0. The Balaban J connectivity index is 0.000000118. The SMILES string of the molecule is [2H]c1c([2H])c([2H])c2c(-c3ccc4c(c3)oc3ccccc34)c3c([2H])c([2H])c([2H])c([2H])c3c(-c3cccc(-c4cccc5ccccc45)c3)c2c1[2H].[2H]c1c([2H])c([2H])c2c(-c3ccc4oc5ccccc5c4c3)c3c([2H])c([2H])c([2H])c([2H])c3c(-c3ccc(-c4ccc5ccccc5c4)cc3)c2c1[2H].[2H]c1c([2H])c([2H])c2c(-c3cccc4c3oc3ccccc34)c3c([2H])c([2H])c([2H])c([2H])c3c(-c3ccc(-c4cccc5ccccc45)cc3)c2c1[2H]. The van der Waals surface area contributed by atoms with Crippen molar-refractivity contribution in [2.45, 2.75) is 0 Å². The first kappa shape index (κ1) is 53.9. The molecule has 0 fully saturated rings. The average molecular weight is 1660 g/mol. The fraction of sp³-hybridized carbons (Fsp3) is 0. The van der Waals surface area contributed by atoms with Gasteiger partial charge in [-0.25, -0.2) is 0 Å². The topological polar surface area (TPSA) is 39.4 Å². The van der Waals surface area contributed by atoms with Crippen molar-refractivity contribution in [2.24, 2.45) is 0 Å². The first-order valence-corrected chi connectivity index (χ1v) is 42.3. The maximum Gasteiger partial charge on any atom is 0.143 e. The Morgan fingerprint density at radius 1 is 0.140 bits per heavy atom. The Morgan fingerprint density at radius 3 is 0.969 bits per heavy atom. The summed E-state index contributed by atoms with van der Waals surface area (Å²) in [6.45, 7) is 0. The zero-order chi connectivity index (χ0) is 106. The van der Waals surface area contributed by atoms with Gasteiger partial charge in [0.1, 0.15) is 33.5 Å². The van der Waals surface area contributed by atoms with Crippen LogP contribution in [0.25, 0.3) is 263 Å². The van der Waals surface area contributed by atoms with Gasteiger partial charge in [0.15, 0.2) is 0 Å². The second-order valence-corrected chi connectivity index (χ2v) is 32.0.